The van der Waals surface area contributed by atoms with Crippen LogP contribution in [0.25, 0.3) is 0 Å². The molecule has 16 heavy (non-hydrogen) atoms. The van der Waals surface area contributed by atoms with Crippen LogP contribution in [0.1, 0.15) is 32.1 Å². The summed E-state index contributed by atoms with van der Waals surface area (Å²) < 4.78 is 10.5. The maximum atomic E-state index is 11.1. The zero-order valence-corrected chi connectivity index (χ0v) is 9.98. The Morgan fingerprint density at radius 3 is 3.06 bits per heavy atom. The van der Waals surface area contributed by atoms with Crippen molar-refractivity contribution in [3.63, 3.8) is 0 Å². The van der Waals surface area contributed by atoms with Crippen molar-refractivity contribution in [3.8, 4) is 0 Å². The molecule has 1 saturated carbocycles. The van der Waals surface area contributed by atoms with Crippen LogP contribution in [0.5, 0.6) is 0 Å². The Balaban J connectivity index is 1.85. The van der Waals surface area contributed by atoms with Crippen molar-refractivity contribution >= 4 is 5.97 Å². The number of hydrogen-bond donors (Lipinski definition) is 0. The van der Waals surface area contributed by atoms with Gasteiger partial charge in [0.1, 0.15) is 0 Å². The summed E-state index contributed by atoms with van der Waals surface area (Å²) in [6.07, 6.45) is 5.87. The topological polar surface area (TPSA) is 38.8 Å². The molecule has 0 spiro atoms. The van der Waals surface area contributed by atoms with Gasteiger partial charge in [0.15, 0.2) is 0 Å². The summed E-state index contributed by atoms with van der Waals surface area (Å²) in [6, 6.07) is 0.534. The van der Waals surface area contributed by atoms with Gasteiger partial charge in [0.25, 0.3) is 0 Å². The van der Waals surface area contributed by atoms with Crippen LogP contribution in [0.2, 0.25) is 0 Å². The van der Waals surface area contributed by atoms with E-state index < -0.39 is 0 Å². The first-order chi connectivity index (χ1) is 7.81. The Bertz CT molecular complexity index is 242. The van der Waals surface area contributed by atoms with E-state index in [0.717, 1.165) is 19.7 Å². The Morgan fingerprint density at radius 1 is 1.44 bits per heavy atom. The Hall–Kier alpha value is -0.610. The van der Waals surface area contributed by atoms with Crippen molar-refractivity contribution in [2.75, 3.05) is 26.8 Å². The average molecular weight is 227 g/mol. The molecule has 2 fully saturated rings. The van der Waals surface area contributed by atoms with E-state index in [9.17, 15) is 4.79 Å². The molecule has 1 saturated heterocycles. The highest BCUT2D eigenvalue weighted by Crippen LogP contribution is 2.28. The molecule has 2 rings (SSSR count). The molecule has 2 aliphatic rings. The van der Waals surface area contributed by atoms with Gasteiger partial charge in [-0.05, 0) is 12.8 Å². The number of esters is 1. The molecule has 0 N–H and O–H groups in total. The minimum Gasteiger partial charge on any atom is -0.469 e. The van der Waals surface area contributed by atoms with Crippen LogP contribution in [0.4, 0.5) is 0 Å². The molecule has 4 heteroatoms. The molecule has 1 aliphatic carbocycles. The van der Waals surface area contributed by atoms with Crippen molar-refractivity contribution in [1.82, 2.24) is 4.90 Å². The van der Waals surface area contributed by atoms with Gasteiger partial charge in [-0.15, -0.1) is 0 Å². The smallest absolute Gasteiger partial charge is 0.306 e. The minimum absolute atomic E-state index is 0.112. The fourth-order valence-corrected chi connectivity index (χ4v) is 2.79. The highest BCUT2D eigenvalue weighted by atomic mass is 16.5. The van der Waals surface area contributed by atoms with Gasteiger partial charge in [-0.2, -0.15) is 0 Å². The van der Waals surface area contributed by atoms with Crippen molar-refractivity contribution < 1.29 is 14.3 Å². The van der Waals surface area contributed by atoms with E-state index in [1.165, 1.54) is 32.8 Å². The Labute approximate surface area is 96.9 Å². The first-order valence-corrected chi connectivity index (χ1v) is 6.23. The molecule has 2 atom stereocenters. The number of ether oxygens (including phenoxy) is 2. The van der Waals surface area contributed by atoms with Gasteiger partial charge < -0.3 is 9.47 Å². The van der Waals surface area contributed by atoms with Crippen molar-refractivity contribution in [2.24, 2.45) is 0 Å². The highest BCUT2D eigenvalue weighted by Gasteiger charge is 2.33. The zero-order valence-electron chi connectivity index (χ0n) is 9.98. The number of nitrogens with zero attached hydrogens (tertiary/aromatic N) is 1. The molecule has 0 bridgehead atoms. The fraction of sp³-hybridized carbons (Fsp3) is 0.917. The Morgan fingerprint density at radius 2 is 2.25 bits per heavy atom. The second-order valence-electron chi connectivity index (χ2n) is 4.62. The molecule has 92 valence electrons. The summed E-state index contributed by atoms with van der Waals surface area (Å²) in [4.78, 5) is 13.5. The molecular formula is C12H21NO3. The molecule has 1 aliphatic heterocycles. The minimum atomic E-state index is -0.112. The standard InChI is InChI=1S/C12H21NO3/c1-15-12(14)6-7-13-8-9-16-11-5-3-2-4-10(11)13/h10-11H,2-9H2,1H3. The summed E-state index contributed by atoms with van der Waals surface area (Å²) in [5.41, 5.74) is 0. The van der Waals surface area contributed by atoms with Gasteiger partial charge >= 0.3 is 5.97 Å². The number of fused-ring (bicyclic) bond motifs is 1. The fourth-order valence-electron chi connectivity index (χ4n) is 2.79. The lowest BCUT2D eigenvalue weighted by Crippen LogP contribution is -2.53. The van der Waals surface area contributed by atoms with Crippen molar-refractivity contribution in [1.29, 1.82) is 0 Å². The van der Waals surface area contributed by atoms with Crippen LogP contribution >= 0.6 is 0 Å². The highest BCUT2D eigenvalue weighted by molar-refractivity contribution is 5.69. The quantitative estimate of drug-likeness (QED) is 0.679. The zero-order chi connectivity index (χ0) is 11.4. The maximum Gasteiger partial charge on any atom is 0.306 e. The number of morpholine rings is 1. The lowest BCUT2D eigenvalue weighted by Gasteiger charge is -2.43. The van der Waals surface area contributed by atoms with Crippen LogP contribution in [0.15, 0.2) is 0 Å². The number of hydrogen-bond acceptors (Lipinski definition) is 4. The molecule has 0 amide bonds. The lowest BCUT2D eigenvalue weighted by molar-refractivity contribution is -0.142. The number of carbonyl (C=O) groups excluding carboxylic acids is 1. The summed E-state index contributed by atoms with van der Waals surface area (Å²) in [5.74, 6) is -0.112. The average Bonchev–Trinajstić information content (AvgIpc) is 2.35. The van der Waals surface area contributed by atoms with Gasteiger partial charge in [0.2, 0.25) is 0 Å². The molecule has 4 nitrogen and oxygen atoms in total. The maximum absolute atomic E-state index is 11.1. The van der Waals surface area contributed by atoms with Crippen molar-refractivity contribution in [3.05, 3.63) is 0 Å². The van der Waals surface area contributed by atoms with Gasteiger partial charge in [-0.3, -0.25) is 9.69 Å². The molecule has 0 aromatic carbocycles. The third-order valence-corrected chi connectivity index (χ3v) is 3.68. The number of rotatable bonds is 3. The van der Waals surface area contributed by atoms with Crippen LogP contribution in [0, 0.1) is 0 Å². The lowest BCUT2D eigenvalue weighted by atomic mass is 9.90. The third-order valence-electron chi connectivity index (χ3n) is 3.68. The number of methoxy groups -OCH3 is 1. The molecule has 1 heterocycles. The molecular weight excluding hydrogens is 206 g/mol. The predicted molar refractivity (Wildman–Crippen MR) is 60.2 cm³/mol. The van der Waals surface area contributed by atoms with E-state index in [-0.39, 0.29) is 5.97 Å². The summed E-state index contributed by atoms with van der Waals surface area (Å²) in [7, 11) is 1.45. The normalized spacial score (nSPS) is 30.8. The van der Waals surface area contributed by atoms with Crippen LogP contribution < -0.4 is 0 Å². The van der Waals surface area contributed by atoms with Crippen molar-refractivity contribution in [2.45, 2.75) is 44.2 Å². The first-order valence-electron chi connectivity index (χ1n) is 6.23. The van der Waals surface area contributed by atoms with E-state index in [0.29, 0.717) is 18.6 Å². The second-order valence-corrected chi connectivity index (χ2v) is 4.62. The predicted octanol–water partition coefficient (Wildman–Crippen LogP) is 1.19. The summed E-state index contributed by atoms with van der Waals surface area (Å²) in [5, 5.41) is 0. The van der Waals surface area contributed by atoms with Gasteiger partial charge in [0, 0.05) is 19.1 Å². The largest absolute Gasteiger partial charge is 0.469 e. The van der Waals surface area contributed by atoms with E-state index >= 15 is 0 Å². The van der Waals surface area contributed by atoms with E-state index in [1.807, 2.05) is 0 Å². The van der Waals surface area contributed by atoms with Crippen LogP contribution in [-0.2, 0) is 14.3 Å². The van der Waals surface area contributed by atoms with Gasteiger partial charge in [-0.25, -0.2) is 0 Å². The summed E-state index contributed by atoms with van der Waals surface area (Å²) in [6.45, 7) is 2.58. The monoisotopic (exact) mass is 227 g/mol. The van der Waals surface area contributed by atoms with E-state index in [1.54, 1.807) is 0 Å². The van der Waals surface area contributed by atoms with Crippen LogP contribution in [0.3, 0.4) is 0 Å². The SMILES string of the molecule is COC(=O)CCN1CCOC2CCCCC21. The molecule has 0 aromatic heterocycles. The van der Waals surface area contributed by atoms with E-state index in [2.05, 4.69) is 9.64 Å². The first kappa shape index (κ1) is 11.9. The van der Waals surface area contributed by atoms with Crippen LogP contribution in [-0.4, -0.2) is 49.8 Å². The van der Waals surface area contributed by atoms with E-state index in [4.69, 9.17) is 4.74 Å². The van der Waals surface area contributed by atoms with Gasteiger partial charge in [0.05, 0.1) is 26.2 Å². The Kier molecular flexibility index (Phi) is 4.18. The number of carbonyl (C=O) groups is 1. The molecule has 0 aromatic rings. The second kappa shape index (κ2) is 5.64. The van der Waals surface area contributed by atoms with Gasteiger partial charge in [-0.1, -0.05) is 12.8 Å². The molecule has 2 unspecified atom stereocenters. The summed E-state index contributed by atoms with van der Waals surface area (Å²) >= 11 is 0. The third kappa shape index (κ3) is 2.74. The molecule has 0 radical (unpaired) electrons.